The average Bonchev–Trinajstić information content (AvgIpc) is 3.33. The van der Waals surface area contributed by atoms with Gasteiger partial charge in [-0.25, -0.2) is 4.57 Å². The van der Waals surface area contributed by atoms with E-state index in [1.165, 1.54) is 122 Å². The van der Waals surface area contributed by atoms with E-state index in [0.29, 0.717) is 23.9 Å². The van der Waals surface area contributed by atoms with Gasteiger partial charge in [-0.1, -0.05) is 222 Å². The van der Waals surface area contributed by atoms with Gasteiger partial charge in [0.25, 0.3) is 0 Å². The molecule has 1 amide bonds. The zero-order valence-corrected chi connectivity index (χ0v) is 47.8. The van der Waals surface area contributed by atoms with Crippen LogP contribution >= 0.6 is 7.82 Å². The van der Waals surface area contributed by atoms with E-state index in [9.17, 15) is 19.0 Å². The third-order valence-electron chi connectivity index (χ3n) is 12.6. The Labute approximate surface area is 438 Å². The van der Waals surface area contributed by atoms with Gasteiger partial charge in [-0.2, -0.15) is 0 Å². The molecule has 0 saturated heterocycles. The van der Waals surface area contributed by atoms with Crippen LogP contribution in [-0.2, 0) is 27.9 Å². The minimum atomic E-state index is -4.46. The van der Waals surface area contributed by atoms with E-state index < -0.39 is 25.9 Å². The maximum absolute atomic E-state index is 13.5. The van der Waals surface area contributed by atoms with Crippen LogP contribution in [-0.4, -0.2) is 74.3 Å². The maximum atomic E-state index is 13.5. The second-order valence-corrected chi connectivity index (χ2v) is 22.3. The SMILES string of the molecule is CCCCC/C=C\C/C=C\C/C=C\CCCCCCCCC(=O)NC(COP(=O)(O)OCC[N+](C)(C)C)C(/C=C\CCCCCCCCCCCCC)OC(=O)CC/C=C/C/C=C\CCCCCCCC. The van der Waals surface area contributed by atoms with Crippen LogP contribution in [0.4, 0.5) is 0 Å². The molecule has 0 aliphatic heterocycles. The maximum Gasteiger partial charge on any atom is 0.472 e. The number of unbranched alkanes of at least 4 members (excludes halogenated alkanes) is 26. The van der Waals surface area contributed by atoms with Gasteiger partial charge in [-0.05, 0) is 89.5 Å². The lowest BCUT2D eigenvalue weighted by molar-refractivity contribution is -0.870. The molecule has 0 spiro atoms. The summed E-state index contributed by atoms with van der Waals surface area (Å²) in [6.07, 6.45) is 64.8. The van der Waals surface area contributed by atoms with Crippen molar-refractivity contribution in [3.63, 3.8) is 0 Å². The van der Waals surface area contributed by atoms with Gasteiger partial charge in [-0.15, -0.1) is 0 Å². The number of rotatable bonds is 52. The van der Waals surface area contributed by atoms with Gasteiger partial charge in [0.05, 0.1) is 33.8 Å². The quantitative estimate of drug-likeness (QED) is 0.0205. The van der Waals surface area contributed by atoms with Gasteiger partial charge < -0.3 is 19.4 Å². The summed E-state index contributed by atoms with van der Waals surface area (Å²) in [4.78, 5) is 37.6. The predicted molar refractivity (Wildman–Crippen MR) is 305 cm³/mol. The number of quaternary nitrogens is 1. The highest BCUT2D eigenvalue weighted by Gasteiger charge is 2.30. The Morgan fingerprint density at radius 1 is 0.493 bits per heavy atom. The minimum absolute atomic E-state index is 0.0277. The highest BCUT2D eigenvalue weighted by molar-refractivity contribution is 7.47. The van der Waals surface area contributed by atoms with Gasteiger partial charge in [-0.3, -0.25) is 18.6 Å². The number of carbonyl (C=O) groups is 2. The molecular formula is C61H112N2O7P+. The Kier molecular flexibility index (Phi) is 49.1. The summed E-state index contributed by atoms with van der Waals surface area (Å²) in [5, 5.41) is 3.03. The van der Waals surface area contributed by atoms with Crippen molar-refractivity contribution in [2.45, 2.75) is 264 Å². The van der Waals surface area contributed by atoms with Crippen LogP contribution in [0.2, 0.25) is 0 Å². The van der Waals surface area contributed by atoms with Crippen LogP contribution in [0.3, 0.4) is 0 Å². The summed E-state index contributed by atoms with van der Waals surface area (Å²) in [7, 11) is 1.46. The van der Waals surface area contributed by atoms with Crippen molar-refractivity contribution in [1.82, 2.24) is 5.32 Å². The first kappa shape index (κ1) is 68.5. The van der Waals surface area contributed by atoms with E-state index in [1.54, 1.807) is 0 Å². The molecule has 0 fully saturated rings. The number of hydrogen-bond donors (Lipinski definition) is 2. The summed E-state index contributed by atoms with van der Waals surface area (Å²) in [5.41, 5.74) is 0. The Bertz CT molecular complexity index is 1450. The van der Waals surface area contributed by atoms with Crippen molar-refractivity contribution in [2.24, 2.45) is 0 Å². The van der Waals surface area contributed by atoms with Crippen molar-refractivity contribution >= 4 is 19.7 Å². The van der Waals surface area contributed by atoms with E-state index in [0.717, 1.165) is 89.9 Å². The first-order chi connectivity index (χ1) is 34.4. The Morgan fingerprint density at radius 3 is 1.34 bits per heavy atom. The number of carbonyl (C=O) groups excluding carboxylic acids is 2. The first-order valence-corrected chi connectivity index (χ1v) is 30.8. The normalized spacial score (nSPS) is 14.3. The summed E-state index contributed by atoms with van der Waals surface area (Å²) in [6.45, 7) is 6.93. The second-order valence-electron chi connectivity index (χ2n) is 20.8. The fourth-order valence-corrected chi connectivity index (χ4v) is 8.79. The number of nitrogens with zero attached hydrogens (tertiary/aromatic N) is 1. The van der Waals surface area contributed by atoms with Crippen molar-refractivity contribution < 1.29 is 37.3 Å². The van der Waals surface area contributed by atoms with Gasteiger partial charge in [0.15, 0.2) is 0 Å². The topological polar surface area (TPSA) is 111 Å². The summed E-state index contributed by atoms with van der Waals surface area (Å²) >= 11 is 0. The van der Waals surface area contributed by atoms with E-state index >= 15 is 0 Å². The van der Waals surface area contributed by atoms with E-state index in [4.69, 9.17) is 13.8 Å². The van der Waals surface area contributed by atoms with Crippen LogP contribution < -0.4 is 5.32 Å². The molecule has 0 heterocycles. The first-order valence-electron chi connectivity index (χ1n) is 29.3. The summed E-state index contributed by atoms with van der Waals surface area (Å²) in [5.74, 6) is -0.598. The van der Waals surface area contributed by atoms with Crippen LogP contribution in [0, 0.1) is 0 Å². The highest BCUT2D eigenvalue weighted by Crippen LogP contribution is 2.43. The number of phosphoric acid groups is 1. The van der Waals surface area contributed by atoms with Gasteiger partial charge in [0.1, 0.15) is 19.3 Å². The zero-order chi connectivity index (χ0) is 52.2. The lowest BCUT2D eigenvalue weighted by Crippen LogP contribution is -2.47. The predicted octanol–water partition coefficient (Wildman–Crippen LogP) is 17.7. The third-order valence-corrected chi connectivity index (χ3v) is 13.6. The molecule has 10 heteroatoms. The standard InChI is InChI=1S/C61H111N2O7P/c1-7-10-13-16-19-22-25-28-29-30-31-32-33-36-38-41-44-47-50-53-60(64)62-58(57-69-71(66,67)68-56-55-63(4,5)6)59(52-49-46-43-40-37-34-26-23-20-17-14-11-8-2)70-61(65)54-51-48-45-42-39-35-27-24-21-18-15-12-9-3/h19,22,28-29,31-32,35,39,45,48-49,52,58-59H,7-18,20-21,23-27,30,33-34,36-38,40-44,46-47,50-51,53-57H2,1-6H3,(H-,62,64,66,67)/p+1/b22-19-,29-28-,32-31-,39-35-,48-45+,52-49-. The molecule has 71 heavy (non-hydrogen) atoms. The molecule has 0 rings (SSSR count). The van der Waals surface area contributed by atoms with Gasteiger partial charge in [0.2, 0.25) is 5.91 Å². The summed E-state index contributed by atoms with van der Waals surface area (Å²) < 4.78 is 30.6. The molecule has 3 atom stereocenters. The smallest absolute Gasteiger partial charge is 0.456 e. The Morgan fingerprint density at radius 2 is 0.873 bits per heavy atom. The molecule has 412 valence electrons. The molecule has 0 radical (unpaired) electrons. The third kappa shape index (κ3) is 52.1. The van der Waals surface area contributed by atoms with Crippen molar-refractivity contribution in [3.05, 3.63) is 72.9 Å². The lowest BCUT2D eigenvalue weighted by atomic mass is 10.0. The average molecular weight is 1020 g/mol. The van der Waals surface area contributed by atoms with E-state index in [1.807, 2.05) is 39.4 Å². The number of likely N-dealkylation sites (N-methyl/N-ethyl adjacent to an activating group) is 1. The molecule has 2 N–H and O–H groups in total. The second kappa shape index (κ2) is 51.0. The van der Waals surface area contributed by atoms with E-state index in [-0.39, 0.29) is 25.5 Å². The molecule has 0 aliphatic rings. The van der Waals surface area contributed by atoms with Gasteiger partial charge in [0, 0.05) is 12.8 Å². The van der Waals surface area contributed by atoms with Crippen LogP contribution in [0.1, 0.15) is 252 Å². The van der Waals surface area contributed by atoms with Gasteiger partial charge >= 0.3 is 13.8 Å². The van der Waals surface area contributed by atoms with E-state index in [2.05, 4.69) is 80.8 Å². The molecule has 0 aromatic carbocycles. The molecule has 0 aromatic heterocycles. The number of nitrogens with one attached hydrogen (secondary N) is 1. The lowest BCUT2D eigenvalue weighted by Gasteiger charge is -2.27. The van der Waals surface area contributed by atoms with Crippen molar-refractivity contribution in [1.29, 1.82) is 0 Å². The summed E-state index contributed by atoms with van der Waals surface area (Å²) in [6, 6.07) is -0.879. The molecule has 0 bridgehead atoms. The van der Waals surface area contributed by atoms with Crippen molar-refractivity contribution in [2.75, 3.05) is 40.9 Å². The highest BCUT2D eigenvalue weighted by atomic mass is 31.2. The van der Waals surface area contributed by atoms with Crippen LogP contribution in [0.25, 0.3) is 0 Å². The Balaban J connectivity index is 5.42. The number of hydrogen-bond acceptors (Lipinski definition) is 6. The zero-order valence-electron chi connectivity index (χ0n) is 47.0. The molecule has 0 aromatic rings. The number of allylic oxidation sites excluding steroid dienone is 11. The van der Waals surface area contributed by atoms with Crippen LogP contribution in [0.15, 0.2) is 72.9 Å². The fraction of sp³-hybridized carbons (Fsp3) is 0.770. The van der Waals surface area contributed by atoms with Crippen LogP contribution in [0.5, 0.6) is 0 Å². The largest absolute Gasteiger partial charge is 0.472 e. The minimum Gasteiger partial charge on any atom is -0.456 e. The fourth-order valence-electron chi connectivity index (χ4n) is 8.06. The number of esters is 1. The molecule has 3 unspecified atom stereocenters. The molecule has 0 aliphatic carbocycles. The molecular weight excluding hydrogens is 904 g/mol. The molecule has 0 saturated carbocycles. The number of phosphoric ester groups is 1. The number of ether oxygens (including phenoxy) is 1. The number of amides is 1. The monoisotopic (exact) mass is 1020 g/mol. The van der Waals surface area contributed by atoms with Crippen molar-refractivity contribution in [3.8, 4) is 0 Å². The molecule has 9 nitrogen and oxygen atoms in total. The Hall–Kier alpha value is -2.55.